The lowest BCUT2D eigenvalue weighted by Crippen LogP contribution is -2.35. The lowest BCUT2D eigenvalue weighted by molar-refractivity contribution is 0.0512. The normalized spacial score (nSPS) is 14.3. The van der Waals surface area contributed by atoms with Gasteiger partial charge in [0.05, 0.1) is 30.6 Å². The lowest BCUT2D eigenvalue weighted by Gasteiger charge is -2.25. The first-order chi connectivity index (χ1) is 17.1. The fraction of sp³-hybridized carbons (Fsp3) is 0.240. The molecule has 1 atom stereocenters. The number of anilines is 4. The second-order valence-electron chi connectivity index (χ2n) is 8.81. The van der Waals surface area contributed by atoms with Crippen molar-refractivity contribution in [2.75, 3.05) is 17.7 Å². The van der Waals surface area contributed by atoms with Gasteiger partial charge in [-0.25, -0.2) is 14.2 Å². The number of nitrogens with zero attached hydrogens (tertiary/aromatic N) is 2. The van der Waals surface area contributed by atoms with Crippen LogP contribution >= 0.6 is 11.6 Å². The SMILES string of the molecule is COc1ccc(Nc2ncc(F)c(Nc3ccc4c(c3)C(NC(=O)OC(C)(C)C)C=CO4)n2)cc1Cl. The zero-order valence-corrected chi connectivity index (χ0v) is 20.8. The molecule has 0 bridgehead atoms. The van der Waals surface area contributed by atoms with Crippen molar-refractivity contribution in [3.63, 3.8) is 0 Å². The number of carbonyl (C=O) groups excluding carboxylic acids is 1. The maximum Gasteiger partial charge on any atom is 0.408 e. The van der Waals surface area contributed by atoms with Crippen LogP contribution in [-0.2, 0) is 4.74 Å². The first kappa shape index (κ1) is 25.1. The number of amides is 1. The third-order valence-corrected chi connectivity index (χ3v) is 5.19. The van der Waals surface area contributed by atoms with Crippen LogP contribution in [0.3, 0.4) is 0 Å². The molecule has 0 aliphatic carbocycles. The molecule has 188 valence electrons. The number of methoxy groups -OCH3 is 1. The summed E-state index contributed by atoms with van der Waals surface area (Å²) >= 11 is 6.17. The highest BCUT2D eigenvalue weighted by molar-refractivity contribution is 6.32. The Morgan fingerprint density at radius 1 is 1.14 bits per heavy atom. The largest absolute Gasteiger partial charge is 0.495 e. The number of hydrogen-bond acceptors (Lipinski definition) is 8. The Morgan fingerprint density at radius 2 is 1.89 bits per heavy atom. The molecule has 9 nitrogen and oxygen atoms in total. The first-order valence-electron chi connectivity index (χ1n) is 11.0. The van der Waals surface area contributed by atoms with Crippen LogP contribution in [0.1, 0.15) is 32.4 Å². The van der Waals surface area contributed by atoms with E-state index in [4.69, 9.17) is 25.8 Å². The van der Waals surface area contributed by atoms with Crippen LogP contribution < -0.4 is 25.4 Å². The van der Waals surface area contributed by atoms with E-state index in [-0.39, 0.29) is 11.8 Å². The third kappa shape index (κ3) is 6.14. The number of alkyl carbamates (subject to hydrolysis) is 1. The predicted molar refractivity (Wildman–Crippen MR) is 135 cm³/mol. The Kier molecular flexibility index (Phi) is 7.16. The van der Waals surface area contributed by atoms with Gasteiger partial charge in [-0.1, -0.05) is 11.6 Å². The highest BCUT2D eigenvalue weighted by Crippen LogP contribution is 2.34. The van der Waals surface area contributed by atoms with E-state index in [1.54, 1.807) is 63.2 Å². The molecule has 0 fully saturated rings. The molecule has 1 amide bonds. The Bertz CT molecular complexity index is 1310. The number of rotatable bonds is 6. The molecule has 1 aliphatic rings. The molecule has 2 aromatic carbocycles. The summed E-state index contributed by atoms with van der Waals surface area (Å²) in [6.45, 7) is 5.35. The van der Waals surface area contributed by atoms with Gasteiger partial charge < -0.3 is 30.2 Å². The number of halogens is 2. The highest BCUT2D eigenvalue weighted by atomic mass is 35.5. The van der Waals surface area contributed by atoms with E-state index in [1.807, 2.05) is 0 Å². The minimum atomic E-state index is -0.648. The zero-order chi connectivity index (χ0) is 25.9. The number of ether oxygens (including phenoxy) is 3. The number of benzene rings is 2. The number of nitrogens with one attached hydrogen (secondary N) is 3. The molecule has 0 radical (unpaired) electrons. The van der Waals surface area contributed by atoms with Crippen LogP contribution in [0.4, 0.5) is 32.3 Å². The van der Waals surface area contributed by atoms with E-state index in [0.717, 1.165) is 6.20 Å². The highest BCUT2D eigenvalue weighted by Gasteiger charge is 2.24. The van der Waals surface area contributed by atoms with Gasteiger partial charge in [-0.15, -0.1) is 0 Å². The number of carbonyl (C=O) groups is 1. The molecule has 36 heavy (non-hydrogen) atoms. The summed E-state index contributed by atoms with van der Waals surface area (Å²) in [5, 5.41) is 9.15. The maximum atomic E-state index is 14.5. The summed E-state index contributed by atoms with van der Waals surface area (Å²) in [5.74, 6) is 0.539. The molecule has 2 heterocycles. The molecule has 3 N–H and O–H groups in total. The fourth-order valence-electron chi connectivity index (χ4n) is 3.36. The average Bonchev–Trinajstić information content (AvgIpc) is 2.80. The molecule has 11 heteroatoms. The molecule has 3 aromatic rings. The fourth-order valence-corrected chi connectivity index (χ4v) is 3.61. The monoisotopic (exact) mass is 513 g/mol. The van der Waals surface area contributed by atoms with Crippen molar-refractivity contribution in [1.82, 2.24) is 15.3 Å². The minimum absolute atomic E-state index is 0.0454. The van der Waals surface area contributed by atoms with Gasteiger partial charge in [-0.3, -0.25) is 0 Å². The Hall–Kier alpha value is -4.05. The van der Waals surface area contributed by atoms with Crippen LogP contribution in [0, 0.1) is 5.82 Å². The van der Waals surface area contributed by atoms with Gasteiger partial charge in [0, 0.05) is 16.9 Å². The summed E-state index contributed by atoms with van der Waals surface area (Å²) < 4.78 is 30.6. The molecule has 0 spiro atoms. The van der Waals surface area contributed by atoms with Crippen LogP contribution in [0.2, 0.25) is 5.02 Å². The van der Waals surface area contributed by atoms with Gasteiger partial charge in [0.25, 0.3) is 0 Å². The van der Waals surface area contributed by atoms with Crippen molar-refractivity contribution in [2.24, 2.45) is 0 Å². The summed E-state index contributed by atoms with van der Waals surface area (Å²) in [6, 6.07) is 9.73. The molecule has 1 aliphatic heterocycles. The van der Waals surface area contributed by atoms with E-state index in [1.165, 1.54) is 13.4 Å². The molecule has 0 saturated heterocycles. The van der Waals surface area contributed by atoms with Crippen molar-refractivity contribution in [2.45, 2.75) is 32.4 Å². The quantitative estimate of drug-likeness (QED) is 0.356. The predicted octanol–water partition coefficient (Wildman–Crippen LogP) is 6.24. The van der Waals surface area contributed by atoms with Crippen molar-refractivity contribution in [3.8, 4) is 11.5 Å². The van der Waals surface area contributed by atoms with E-state index in [9.17, 15) is 9.18 Å². The summed E-state index contributed by atoms with van der Waals surface area (Å²) in [5.41, 5.74) is 1.15. The minimum Gasteiger partial charge on any atom is -0.495 e. The van der Waals surface area contributed by atoms with Crippen molar-refractivity contribution < 1.29 is 23.4 Å². The molecule has 1 unspecified atom stereocenters. The van der Waals surface area contributed by atoms with Gasteiger partial charge >= 0.3 is 6.09 Å². The topological polar surface area (TPSA) is 107 Å². The Balaban J connectivity index is 1.53. The van der Waals surface area contributed by atoms with E-state index >= 15 is 0 Å². The van der Waals surface area contributed by atoms with Crippen LogP contribution in [-0.4, -0.2) is 28.8 Å². The van der Waals surface area contributed by atoms with E-state index in [2.05, 4.69) is 25.9 Å². The van der Waals surface area contributed by atoms with Gasteiger partial charge in [0.15, 0.2) is 11.6 Å². The summed E-state index contributed by atoms with van der Waals surface area (Å²) in [6.07, 6.45) is 3.66. The van der Waals surface area contributed by atoms with Crippen LogP contribution in [0.5, 0.6) is 11.5 Å². The Morgan fingerprint density at radius 3 is 2.61 bits per heavy atom. The molecule has 1 aromatic heterocycles. The molecular weight excluding hydrogens is 489 g/mol. The number of hydrogen-bond donors (Lipinski definition) is 3. The average molecular weight is 514 g/mol. The van der Waals surface area contributed by atoms with E-state index in [0.29, 0.717) is 33.5 Å². The zero-order valence-electron chi connectivity index (χ0n) is 20.1. The number of aromatic nitrogens is 2. The van der Waals surface area contributed by atoms with E-state index < -0.39 is 23.6 Å². The van der Waals surface area contributed by atoms with Crippen LogP contribution in [0.15, 0.2) is 54.9 Å². The standard InChI is InChI=1S/C25H25ClFN5O4/c1-25(2,3)36-24(33)31-19-9-10-35-20-7-5-14(11-16(19)20)29-22-18(27)13-28-23(32-22)30-15-6-8-21(34-4)17(26)12-15/h5-13,19H,1-4H3,(H,31,33)(H2,28,29,30,32). The summed E-state index contributed by atoms with van der Waals surface area (Å²) in [4.78, 5) is 20.5. The number of fused-ring (bicyclic) bond motifs is 1. The van der Waals surface area contributed by atoms with Gasteiger partial charge in [0.1, 0.15) is 17.1 Å². The van der Waals surface area contributed by atoms with Crippen LogP contribution in [0.25, 0.3) is 0 Å². The van der Waals surface area contributed by atoms with Crippen molar-refractivity contribution >= 4 is 40.8 Å². The van der Waals surface area contributed by atoms with Crippen molar-refractivity contribution in [3.05, 3.63) is 71.3 Å². The maximum absolute atomic E-state index is 14.5. The second-order valence-corrected chi connectivity index (χ2v) is 9.22. The smallest absolute Gasteiger partial charge is 0.408 e. The molecule has 0 saturated carbocycles. The lowest BCUT2D eigenvalue weighted by atomic mass is 10.0. The molecule has 4 rings (SSSR count). The second kappa shape index (κ2) is 10.3. The van der Waals surface area contributed by atoms with Gasteiger partial charge in [-0.2, -0.15) is 4.98 Å². The summed E-state index contributed by atoms with van der Waals surface area (Å²) in [7, 11) is 1.52. The third-order valence-electron chi connectivity index (χ3n) is 4.90. The Labute approximate surface area is 212 Å². The van der Waals surface area contributed by atoms with Gasteiger partial charge in [0.2, 0.25) is 5.95 Å². The van der Waals surface area contributed by atoms with Gasteiger partial charge in [-0.05, 0) is 63.2 Å². The first-order valence-corrected chi connectivity index (χ1v) is 11.4. The van der Waals surface area contributed by atoms with Crippen molar-refractivity contribution in [1.29, 1.82) is 0 Å². The molecular formula is C25H25ClFN5O4.